The molecule has 0 aliphatic carbocycles. The van der Waals surface area contributed by atoms with Crippen molar-refractivity contribution < 1.29 is 8.78 Å². The van der Waals surface area contributed by atoms with Gasteiger partial charge in [-0.2, -0.15) is 0 Å². The summed E-state index contributed by atoms with van der Waals surface area (Å²) in [4.78, 5) is 0. The van der Waals surface area contributed by atoms with E-state index >= 15 is 0 Å². The third-order valence-corrected chi connectivity index (χ3v) is 2.89. The van der Waals surface area contributed by atoms with Crippen LogP contribution in [-0.4, -0.2) is 0 Å². The first-order valence-corrected chi connectivity index (χ1v) is 5.95. The zero-order valence-corrected chi connectivity index (χ0v) is 10.7. The van der Waals surface area contributed by atoms with Gasteiger partial charge in [-0.25, -0.2) is 8.78 Å². The Bertz CT molecular complexity index is 553. The number of benzene rings is 2. The molecule has 0 spiro atoms. The highest BCUT2D eigenvalue weighted by molar-refractivity contribution is 6.31. The molecule has 1 nitrogen and oxygen atoms in total. The van der Waals surface area contributed by atoms with E-state index in [1.54, 1.807) is 18.2 Å². The average Bonchev–Trinajstić information content (AvgIpc) is 2.30. The number of halogens is 4. The molecule has 2 aromatic carbocycles. The van der Waals surface area contributed by atoms with Gasteiger partial charge in [-0.3, -0.25) is 0 Å². The normalized spacial score (nSPS) is 10.4. The number of rotatable bonds is 3. The highest BCUT2D eigenvalue weighted by Gasteiger charge is 2.06. The highest BCUT2D eigenvalue weighted by Crippen LogP contribution is 2.21. The van der Waals surface area contributed by atoms with Crippen LogP contribution in [0.5, 0.6) is 0 Å². The van der Waals surface area contributed by atoms with Gasteiger partial charge in [0.1, 0.15) is 11.6 Å². The Kier molecular flexibility index (Phi) is 4.04. The summed E-state index contributed by atoms with van der Waals surface area (Å²) in [5, 5.41) is 3.23. The van der Waals surface area contributed by atoms with E-state index in [0.29, 0.717) is 11.3 Å². The molecular weight excluding hydrogens is 279 g/mol. The molecule has 2 rings (SSSR count). The van der Waals surface area contributed by atoms with E-state index in [-0.39, 0.29) is 16.6 Å². The largest absolute Gasteiger partial charge is 0.381 e. The maximum atomic E-state index is 13.6. The number of anilines is 1. The van der Waals surface area contributed by atoms with Crippen LogP contribution in [0.2, 0.25) is 10.0 Å². The topological polar surface area (TPSA) is 12.0 Å². The van der Waals surface area contributed by atoms with E-state index in [4.69, 9.17) is 23.2 Å². The quantitative estimate of drug-likeness (QED) is 0.848. The first-order valence-electron chi connectivity index (χ1n) is 5.19. The third-order valence-electron chi connectivity index (χ3n) is 2.38. The van der Waals surface area contributed by atoms with Crippen molar-refractivity contribution in [3.8, 4) is 0 Å². The standard InChI is InChI=1S/C13H9Cl2F2N/c14-9-4-10(16)6-11(5-9)18-7-8-2-1-3-12(15)13(8)17/h1-6,18H,7H2. The van der Waals surface area contributed by atoms with Crippen molar-refractivity contribution in [3.63, 3.8) is 0 Å². The van der Waals surface area contributed by atoms with Crippen molar-refractivity contribution in [1.82, 2.24) is 0 Å². The van der Waals surface area contributed by atoms with Crippen LogP contribution in [0.15, 0.2) is 36.4 Å². The highest BCUT2D eigenvalue weighted by atomic mass is 35.5. The Morgan fingerprint density at radius 3 is 2.56 bits per heavy atom. The minimum atomic E-state index is -0.478. The molecule has 0 fully saturated rings. The molecule has 18 heavy (non-hydrogen) atoms. The van der Waals surface area contributed by atoms with Crippen LogP contribution >= 0.6 is 23.2 Å². The van der Waals surface area contributed by atoms with Gasteiger partial charge in [-0.15, -0.1) is 0 Å². The summed E-state index contributed by atoms with van der Waals surface area (Å²) in [6, 6.07) is 8.78. The van der Waals surface area contributed by atoms with E-state index in [2.05, 4.69) is 5.32 Å². The molecule has 0 aromatic heterocycles. The lowest BCUT2D eigenvalue weighted by Gasteiger charge is -2.08. The molecule has 94 valence electrons. The summed E-state index contributed by atoms with van der Waals surface area (Å²) in [6.07, 6.45) is 0. The second kappa shape index (κ2) is 5.55. The Morgan fingerprint density at radius 2 is 1.83 bits per heavy atom. The van der Waals surface area contributed by atoms with Crippen molar-refractivity contribution >= 4 is 28.9 Å². The maximum Gasteiger partial charge on any atom is 0.146 e. The third kappa shape index (κ3) is 3.12. The smallest absolute Gasteiger partial charge is 0.146 e. The van der Waals surface area contributed by atoms with Crippen LogP contribution in [0.25, 0.3) is 0 Å². The zero-order chi connectivity index (χ0) is 13.1. The molecule has 2 aromatic rings. The van der Waals surface area contributed by atoms with E-state index < -0.39 is 11.6 Å². The summed E-state index contributed by atoms with van der Waals surface area (Å²) in [6.45, 7) is 0.201. The number of nitrogens with one attached hydrogen (secondary N) is 1. The summed E-state index contributed by atoms with van der Waals surface area (Å²) in [5.41, 5.74) is 0.891. The minimum absolute atomic E-state index is 0.0616. The van der Waals surface area contributed by atoms with Gasteiger partial charge in [0.05, 0.1) is 5.02 Å². The Morgan fingerprint density at radius 1 is 1.06 bits per heavy atom. The zero-order valence-electron chi connectivity index (χ0n) is 9.18. The predicted octanol–water partition coefficient (Wildman–Crippen LogP) is 4.88. The fraction of sp³-hybridized carbons (Fsp3) is 0.0769. The molecule has 0 saturated carbocycles. The molecule has 1 N–H and O–H groups in total. The average molecular weight is 288 g/mol. The summed E-state index contributed by atoms with van der Waals surface area (Å²) >= 11 is 11.4. The van der Waals surface area contributed by atoms with Crippen molar-refractivity contribution in [2.75, 3.05) is 5.32 Å². The van der Waals surface area contributed by atoms with E-state index in [1.807, 2.05) is 0 Å². The molecule has 0 amide bonds. The molecule has 0 atom stereocenters. The van der Waals surface area contributed by atoms with E-state index in [0.717, 1.165) is 0 Å². The second-order valence-electron chi connectivity index (χ2n) is 3.72. The first kappa shape index (κ1) is 13.1. The van der Waals surface area contributed by atoms with Crippen LogP contribution in [0.1, 0.15) is 5.56 Å². The van der Waals surface area contributed by atoms with Crippen LogP contribution in [0.4, 0.5) is 14.5 Å². The predicted molar refractivity (Wildman–Crippen MR) is 70.1 cm³/mol. The van der Waals surface area contributed by atoms with Crippen molar-refractivity contribution in [2.45, 2.75) is 6.54 Å². The molecule has 0 bridgehead atoms. The van der Waals surface area contributed by atoms with Gasteiger partial charge in [-0.05, 0) is 24.3 Å². The molecule has 0 aliphatic rings. The molecule has 0 unspecified atom stereocenters. The van der Waals surface area contributed by atoms with Gasteiger partial charge < -0.3 is 5.32 Å². The molecule has 0 aliphatic heterocycles. The van der Waals surface area contributed by atoms with Gasteiger partial charge in [-0.1, -0.05) is 35.3 Å². The fourth-order valence-electron chi connectivity index (χ4n) is 1.54. The van der Waals surface area contributed by atoms with Gasteiger partial charge >= 0.3 is 0 Å². The number of hydrogen-bond acceptors (Lipinski definition) is 1. The van der Waals surface area contributed by atoms with Crippen molar-refractivity contribution in [3.05, 3.63) is 63.6 Å². The van der Waals surface area contributed by atoms with E-state index in [1.165, 1.54) is 18.2 Å². The summed E-state index contributed by atoms with van der Waals surface area (Å²) in [5.74, 6) is -0.925. The molecule has 0 radical (unpaired) electrons. The van der Waals surface area contributed by atoms with Crippen molar-refractivity contribution in [2.24, 2.45) is 0 Å². The fourth-order valence-corrected chi connectivity index (χ4v) is 1.95. The minimum Gasteiger partial charge on any atom is -0.381 e. The summed E-state index contributed by atoms with van der Waals surface area (Å²) < 4.78 is 26.7. The maximum absolute atomic E-state index is 13.6. The SMILES string of the molecule is Fc1cc(Cl)cc(NCc2cccc(Cl)c2F)c1. The second-order valence-corrected chi connectivity index (χ2v) is 4.57. The summed E-state index contributed by atoms with van der Waals surface area (Å²) in [7, 11) is 0. The van der Waals surface area contributed by atoms with Gasteiger partial charge in [0.2, 0.25) is 0 Å². The molecular formula is C13H9Cl2F2N. The van der Waals surface area contributed by atoms with Gasteiger partial charge in [0.15, 0.2) is 0 Å². The van der Waals surface area contributed by atoms with Crippen LogP contribution in [0, 0.1) is 11.6 Å². The Balaban J connectivity index is 2.14. The Labute approximate surface area is 113 Å². The van der Waals surface area contributed by atoms with E-state index in [9.17, 15) is 8.78 Å². The number of hydrogen-bond donors (Lipinski definition) is 1. The van der Waals surface area contributed by atoms with Crippen molar-refractivity contribution in [1.29, 1.82) is 0 Å². The van der Waals surface area contributed by atoms with Gasteiger partial charge in [0.25, 0.3) is 0 Å². The van der Waals surface area contributed by atoms with Crippen LogP contribution in [0.3, 0.4) is 0 Å². The van der Waals surface area contributed by atoms with Crippen LogP contribution in [-0.2, 0) is 6.54 Å². The lowest BCUT2D eigenvalue weighted by molar-refractivity contribution is 0.613. The van der Waals surface area contributed by atoms with Gasteiger partial charge in [0, 0.05) is 22.8 Å². The first-order chi connectivity index (χ1) is 8.56. The Hall–Kier alpha value is -1.32. The lowest BCUT2D eigenvalue weighted by Crippen LogP contribution is -2.02. The molecule has 0 saturated heterocycles. The van der Waals surface area contributed by atoms with Crippen LogP contribution < -0.4 is 5.32 Å². The monoisotopic (exact) mass is 287 g/mol. The molecule has 5 heteroatoms. The molecule has 0 heterocycles. The lowest BCUT2D eigenvalue weighted by atomic mass is 10.2.